The van der Waals surface area contributed by atoms with Crippen LogP contribution in [0.1, 0.15) is 35.3 Å². The molecule has 5 rings (SSSR count). The molecule has 1 aliphatic heterocycles. The topological polar surface area (TPSA) is 61.0 Å². The molecule has 1 aliphatic rings. The first-order chi connectivity index (χ1) is 15.8. The van der Waals surface area contributed by atoms with Gasteiger partial charge < -0.3 is 15.2 Å². The highest BCUT2D eigenvalue weighted by Gasteiger charge is 2.19. The highest BCUT2D eigenvalue weighted by atomic mass is 16.1. The third-order valence-electron chi connectivity index (χ3n) is 6.62. The van der Waals surface area contributed by atoms with Crippen LogP contribution in [0.5, 0.6) is 0 Å². The second-order valence-corrected chi connectivity index (χ2v) is 8.87. The van der Waals surface area contributed by atoms with Crippen LogP contribution in [0.3, 0.4) is 0 Å². The Hall–Kier alpha value is -3.18. The summed E-state index contributed by atoms with van der Waals surface area (Å²) in [5.74, 6) is 0.743. The number of amides is 1. The van der Waals surface area contributed by atoms with Crippen molar-refractivity contribution in [2.45, 2.75) is 25.7 Å². The Kier molecular flexibility index (Phi) is 6.17. The molecule has 0 unspecified atom stereocenters. The Morgan fingerprint density at radius 3 is 2.69 bits per heavy atom. The average Bonchev–Trinajstić information content (AvgIpc) is 3.29. The highest BCUT2D eigenvalue weighted by Crippen LogP contribution is 2.24. The zero-order chi connectivity index (χ0) is 21.8. The van der Waals surface area contributed by atoms with Gasteiger partial charge >= 0.3 is 0 Å². The number of pyridine rings is 1. The molecule has 0 atom stereocenters. The molecule has 0 aliphatic carbocycles. The molecule has 1 fully saturated rings. The van der Waals surface area contributed by atoms with Gasteiger partial charge in [0.1, 0.15) is 5.69 Å². The standard InChI is InChI=1S/C27H30N4O/c32-27(24-19-23-10-9-22-8-4-13-28-25(22)26(23)30-24)29-14-5-15-31-16-11-21(12-17-31)18-20-6-2-1-3-7-20/h1-4,6-10,13,19,21,30H,5,11-12,14-18H2,(H,29,32). The molecule has 5 heteroatoms. The van der Waals surface area contributed by atoms with Gasteiger partial charge in [-0.1, -0.05) is 48.5 Å². The molecule has 2 N–H and O–H groups in total. The first-order valence-corrected chi connectivity index (χ1v) is 11.7. The van der Waals surface area contributed by atoms with E-state index in [0.717, 1.165) is 53.8 Å². The molecule has 3 heterocycles. The minimum Gasteiger partial charge on any atom is -0.351 e. The molecule has 0 radical (unpaired) electrons. The van der Waals surface area contributed by atoms with E-state index in [0.29, 0.717) is 12.2 Å². The molecule has 4 aromatic rings. The van der Waals surface area contributed by atoms with Crippen LogP contribution >= 0.6 is 0 Å². The Labute approximate surface area is 188 Å². The van der Waals surface area contributed by atoms with Crippen molar-refractivity contribution in [3.05, 3.63) is 78.1 Å². The number of nitrogens with zero attached hydrogens (tertiary/aromatic N) is 2. The second-order valence-electron chi connectivity index (χ2n) is 8.87. The summed E-state index contributed by atoms with van der Waals surface area (Å²) in [6.07, 6.45) is 6.48. The van der Waals surface area contributed by atoms with Gasteiger partial charge in [-0.15, -0.1) is 0 Å². The second kappa shape index (κ2) is 9.53. The van der Waals surface area contributed by atoms with Gasteiger partial charge in [-0.05, 0) is 68.9 Å². The van der Waals surface area contributed by atoms with Crippen LogP contribution in [0.25, 0.3) is 21.8 Å². The molecular formula is C27H30N4O. The van der Waals surface area contributed by atoms with E-state index in [1.807, 2.05) is 30.3 Å². The predicted molar refractivity (Wildman–Crippen MR) is 130 cm³/mol. The number of hydrogen-bond donors (Lipinski definition) is 2. The average molecular weight is 427 g/mol. The number of aromatic nitrogens is 2. The molecule has 0 spiro atoms. The quantitative estimate of drug-likeness (QED) is 0.418. The number of aromatic amines is 1. The molecule has 2 aromatic heterocycles. The van der Waals surface area contributed by atoms with E-state index in [4.69, 9.17) is 0 Å². The zero-order valence-electron chi connectivity index (χ0n) is 18.4. The molecule has 0 saturated carbocycles. The van der Waals surface area contributed by atoms with Crippen molar-refractivity contribution in [2.75, 3.05) is 26.2 Å². The SMILES string of the molecule is O=C(NCCCN1CCC(Cc2ccccc2)CC1)c1cc2ccc3cccnc3c2[nH]1. The van der Waals surface area contributed by atoms with E-state index in [2.05, 4.69) is 50.5 Å². The lowest BCUT2D eigenvalue weighted by Gasteiger charge is -2.32. The largest absolute Gasteiger partial charge is 0.351 e. The normalized spacial score (nSPS) is 15.4. The van der Waals surface area contributed by atoms with Crippen molar-refractivity contribution >= 4 is 27.7 Å². The minimum atomic E-state index is -0.0492. The minimum absolute atomic E-state index is 0.0492. The van der Waals surface area contributed by atoms with E-state index in [1.54, 1.807) is 6.20 Å². The molecule has 5 nitrogen and oxygen atoms in total. The lowest BCUT2D eigenvalue weighted by molar-refractivity contribution is 0.0946. The van der Waals surface area contributed by atoms with E-state index in [1.165, 1.54) is 24.8 Å². The molecule has 164 valence electrons. The Balaban J connectivity index is 1.07. The van der Waals surface area contributed by atoms with Gasteiger partial charge in [0.05, 0.1) is 11.0 Å². The van der Waals surface area contributed by atoms with Crippen molar-refractivity contribution in [3.8, 4) is 0 Å². The maximum Gasteiger partial charge on any atom is 0.267 e. The van der Waals surface area contributed by atoms with Crippen LogP contribution in [-0.2, 0) is 6.42 Å². The number of rotatable bonds is 7. The third-order valence-corrected chi connectivity index (χ3v) is 6.62. The summed E-state index contributed by atoms with van der Waals surface area (Å²) in [5, 5.41) is 5.16. The van der Waals surface area contributed by atoms with Crippen LogP contribution in [0.4, 0.5) is 0 Å². The highest BCUT2D eigenvalue weighted by molar-refractivity contribution is 6.07. The summed E-state index contributed by atoms with van der Waals surface area (Å²) < 4.78 is 0. The predicted octanol–water partition coefficient (Wildman–Crippen LogP) is 4.79. The van der Waals surface area contributed by atoms with Crippen molar-refractivity contribution in [1.29, 1.82) is 0 Å². The number of H-pyrrole nitrogens is 1. The van der Waals surface area contributed by atoms with E-state index in [-0.39, 0.29) is 5.91 Å². The number of nitrogens with one attached hydrogen (secondary N) is 2. The Morgan fingerprint density at radius 2 is 1.84 bits per heavy atom. The summed E-state index contributed by atoms with van der Waals surface area (Å²) in [6, 6.07) is 20.8. The van der Waals surface area contributed by atoms with Crippen LogP contribution in [-0.4, -0.2) is 47.0 Å². The fourth-order valence-electron chi connectivity index (χ4n) is 4.82. The number of carbonyl (C=O) groups is 1. The summed E-state index contributed by atoms with van der Waals surface area (Å²) in [5.41, 5.74) is 3.88. The Morgan fingerprint density at radius 1 is 1.03 bits per heavy atom. The van der Waals surface area contributed by atoms with Gasteiger partial charge in [-0.2, -0.15) is 0 Å². The van der Waals surface area contributed by atoms with E-state index >= 15 is 0 Å². The van der Waals surface area contributed by atoms with Crippen LogP contribution in [0.15, 0.2) is 66.9 Å². The van der Waals surface area contributed by atoms with Crippen LogP contribution in [0, 0.1) is 5.92 Å². The van der Waals surface area contributed by atoms with Crippen LogP contribution in [0.2, 0.25) is 0 Å². The lowest BCUT2D eigenvalue weighted by Crippen LogP contribution is -2.36. The van der Waals surface area contributed by atoms with Gasteiger partial charge in [-0.25, -0.2) is 0 Å². The molecule has 1 amide bonds. The molecular weight excluding hydrogens is 396 g/mol. The molecule has 32 heavy (non-hydrogen) atoms. The maximum atomic E-state index is 12.6. The number of carbonyl (C=O) groups excluding carboxylic acids is 1. The van der Waals surface area contributed by atoms with Gasteiger partial charge in [0.25, 0.3) is 5.91 Å². The fourth-order valence-corrected chi connectivity index (χ4v) is 4.82. The first-order valence-electron chi connectivity index (χ1n) is 11.7. The maximum absolute atomic E-state index is 12.6. The molecule has 1 saturated heterocycles. The molecule has 0 bridgehead atoms. The number of piperidine rings is 1. The fraction of sp³-hybridized carbons (Fsp3) is 0.333. The number of fused-ring (bicyclic) bond motifs is 3. The van der Waals surface area contributed by atoms with Gasteiger partial charge in [0.15, 0.2) is 0 Å². The van der Waals surface area contributed by atoms with E-state index < -0.39 is 0 Å². The molecule has 2 aromatic carbocycles. The summed E-state index contributed by atoms with van der Waals surface area (Å²) in [7, 11) is 0. The van der Waals surface area contributed by atoms with Crippen molar-refractivity contribution in [2.24, 2.45) is 5.92 Å². The monoisotopic (exact) mass is 426 g/mol. The zero-order valence-corrected chi connectivity index (χ0v) is 18.4. The number of likely N-dealkylation sites (tertiary alicyclic amines) is 1. The number of benzene rings is 2. The van der Waals surface area contributed by atoms with Crippen molar-refractivity contribution < 1.29 is 4.79 Å². The van der Waals surface area contributed by atoms with Crippen molar-refractivity contribution in [1.82, 2.24) is 20.2 Å². The van der Waals surface area contributed by atoms with Crippen LogP contribution < -0.4 is 5.32 Å². The van der Waals surface area contributed by atoms with E-state index in [9.17, 15) is 4.79 Å². The van der Waals surface area contributed by atoms with Gasteiger partial charge in [-0.3, -0.25) is 9.78 Å². The lowest BCUT2D eigenvalue weighted by atomic mass is 9.90. The number of hydrogen-bond acceptors (Lipinski definition) is 3. The summed E-state index contributed by atoms with van der Waals surface area (Å²) >= 11 is 0. The van der Waals surface area contributed by atoms with Gasteiger partial charge in [0.2, 0.25) is 0 Å². The Bertz CT molecular complexity index is 1190. The smallest absolute Gasteiger partial charge is 0.267 e. The summed E-state index contributed by atoms with van der Waals surface area (Å²) in [6.45, 7) is 4.05. The van der Waals surface area contributed by atoms with Gasteiger partial charge in [0, 0.05) is 23.5 Å². The summed E-state index contributed by atoms with van der Waals surface area (Å²) in [4.78, 5) is 22.9. The first kappa shape index (κ1) is 20.7. The third kappa shape index (κ3) is 4.68. The van der Waals surface area contributed by atoms with Crippen molar-refractivity contribution in [3.63, 3.8) is 0 Å².